The van der Waals surface area contributed by atoms with Gasteiger partial charge < -0.3 is 23.8 Å². The van der Waals surface area contributed by atoms with Crippen molar-refractivity contribution in [3.63, 3.8) is 0 Å². The fraction of sp³-hybridized carbons (Fsp3) is 0.440. The maximum atomic E-state index is 13.8. The van der Waals surface area contributed by atoms with Gasteiger partial charge in [0.2, 0.25) is 0 Å². The lowest BCUT2D eigenvalue weighted by molar-refractivity contribution is -0.0374. The van der Waals surface area contributed by atoms with Gasteiger partial charge in [0, 0.05) is 18.7 Å². The van der Waals surface area contributed by atoms with Crippen molar-refractivity contribution in [3.05, 3.63) is 52.2 Å². The molecule has 1 amide bonds. The van der Waals surface area contributed by atoms with Crippen LogP contribution in [0.1, 0.15) is 54.9 Å². The summed E-state index contributed by atoms with van der Waals surface area (Å²) < 4.78 is 25.6. The van der Waals surface area contributed by atoms with Crippen LogP contribution in [0.5, 0.6) is 17.2 Å². The lowest BCUT2D eigenvalue weighted by Crippen LogP contribution is -2.55. The number of hydrogen-bond acceptors (Lipinski definition) is 7. The predicted octanol–water partition coefficient (Wildman–Crippen LogP) is 4.46. The van der Waals surface area contributed by atoms with Gasteiger partial charge in [-0.05, 0) is 39.1 Å². The molecule has 34 heavy (non-hydrogen) atoms. The number of benzene rings is 1. The van der Waals surface area contributed by atoms with Gasteiger partial charge >= 0.3 is 0 Å². The Bertz CT molecular complexity index is 1200. The SMILES string of the molecule is COc1cc2c(cc1OC(C)C)-n1cnc(C(=O)N3CCOCC3(C)C)c1C(c1cccs1)O2. The summed E-state index contributed by atoms with van der Waals surface area (Å²) in [5.41, 5.74) is 1.43. The molecule has 5 rings (SSSR count). The summed E-state index contributed by atoms with van der Waals surface area (Å²) in [6, 6.07) is 7.71. The molecule has 1 unspecified atom stereocenters. The van der Waals surface area contributed by atoms with Crippen LogP contribution >= 0.6 is 11.3 Å². The molecule has 4 heterocycles. The Hall–Kier alpha value is -3.04. The van der Waals surface area contributed by atoms with Crippen LogP contribution in [0.2, 0.25) is 0 Å². The minimum absolute atomic E-state index is 0.0294. The number of hydrogen-bond donors (Lipinski definition) is 0. The number of nitrogens with zero attached hydrogens (tertiary/aromatic N) is 3. The number of ether oxygens (including phenoxy) is 4. The summed E-state index contributed by atoms with van der Waals surface area (Å²) in [7, 11) is 1.61. The maximum Gasteiger partial charge on any atom is 0.275 e. The van der Waals surface area contributed by atoms with Crippen molar-refractivity contribution < 1.29 is 23.7 Å². The molecule has 1 aromatic carbocycles. The van der Waals surface area contributed by atoms with Crippen molar-refractivity contribution in [3.8, 4) is 22.9 Å². The van der Waals surface area contributed by atoms with E-state index in [4.69, 9.17) is 18.9 Å². The van der Waals surface area contributed by atoms with Crippen LogP contribution in [0.25, 0.3) is 5.69 Å². The molecule has 0 aliphatic carbocycles. The number of aromatic nitrogens is 2. The van der Waals surface area contributed by atoms with E-state index in [2.05, 4.69) is 4.98 Å². The number of methoxy groups -OCH3 is 1. The van der Waals surface area contributed by atoms with Gasteiger partial charge in [-0.2, -0.15) is 0 Å². The first kappa shape index (κ1) is 22.7. The zero-order chi connectivity index (χ0) is 24.0. The van der Waals surface area contributed by atoms with Gasteiger partial charge in [0.05, 0.1) is 42.5 Å². The van der Waals surface area contributed by atoms with Crippen molar-refractivity contribution in [1.82, 2.24) is 14.5 Å². The molecular weight excluding hydrogens is 454 g/mol. The summed E-state index contributed by atoms with van der Waals surface area (Å²) in [5, 5.41) is 2.00. The fourth-order valence-electron chi connectivity index (χ4n) is 4.46. The Kier molecular flexibility index (Phi) is 5.77. The maximum absolute atomic E-state index is 13.8. The van der Waals surface area contributed by atoms with Gasteiger partial charge in [0.25, 0.3) is 5.91 Å². The molecule has 3 aromatic rings. The molecule has 0 saturated carbocycles. The Labute approximate surface area is 203 Å². The van der Waals surface area contributed by atoms with E-state index in [1.54, 1.807) is 24.8 Å². The Balaban J connectivity index is 1.65. The highest BCUT2D eigenvalue weighted by atomic mass is 32.1. The second kappa shape index (κ2) is 8.63. The molecular formula is C25H29N3O5S. The standard InChI is InChI=1S/C25H29N3O5S/c1-15(2)32-19-11-16-17(12-18(19)30-5)33-23(20-7-6-10-34-20)22-21(26-14-27(16)22)24(29)28-8-9-31-13-25(28,3)4/h6-7,10-12,14-15,23H,8-9,13H2,1-5H3. The van der Waals surface area contributed by atoms with Crippen LogP contribution in [0.4, 0.5) is 0 Å². The van der Waals surface area contributed by atoms with E-state index in [9.17, 15) is 4.79 Å². The van der Waals surface area contributed by atoms with Gasteiger partial charge in [-0.1, -0.05) is 6.07 Å². The molecule has 2 aromatic heterocycles. The van der Waals surface area contributed by atoms with E-state index in [1.807, 2.05) is 66.8 Å². The molecule has 2 aliphatic heterocycles. The van der Waals surface area contributed by atoms with Gasteiger partial charge in [0.1, 0.15) is 17.8 Å². The molecule has 1 saturated heterocycles. The first-order valence-corrected chi connectivity index (χ1v) is 12.2. The molecule has 8 nitrogen and oxygen atoms in total. The number of fused-ring (bicyclic) bond motifs is 3. The molecule has 1 atom stereocenters. The molecule has 0 spiro atoms. The highest BCUT2D eigenvalue weighted by Gasteiger charge is 2.40. The minimum atomic E-state index is -0.473. The molecule has 1 fully saturated rings. The summed E-state index contributed by atoms with van der Waals surface area (Å²) in [6.07, 6.45) is 1.20. The summed E-state index contributed by atoms with van der Waals surface area (Å²) in [4.78, 5) is 21.2. The third-order valence-electron chi connectivity index (χ3n) is 6.06. The van der Waals surface area contributed by atoms with E-state index in [1.165, 1.54) is 0 Å². The first-order valence-electron chi connectivity index (χ1n) is 11.4. The van der Waals surface area contributed by atoms with Crippen LogP contribution in [0, 0.1) is 0 Å². The van der Waals surface area contributed by atoms with Crippen molar-refractivity contribution >= 4 is 17.2 Å². The van der Waals surface area contributed by atoms with Crippen molar-refractivity contribution in [1.29, 1.82) is 0 Å². The number of imidazole rings is 1. The highest BCUT2D eigenvalue weighted by molar-refractivity contribution is 7.10. The molecule has 2 aliphatic rings. The van der Waals surface area contributed by atoms with Crippen LogP contribution in [-0.2, 0) is 4.74 Å². The van der Waals surface area contributed by atoms with E-state index in [-0.39, 0.29) is 12.0 Å². The van der Waals surface area contributed by atoms with E-state index in [0.717, 1.165) is 10.6 Å². The number of carbonyl (C=O) groups is 1. The van der Waals surface area contributed by atoms with E-state index < -0.39 is 11.6 Å². The highest BCUT2D eigenvalue weighted by Crippen LogP contribution is 2.46. The molecule has 0 N–H and O–H groups in total. The monoisotopic (exact) mass is 483 g/mol. The Morgan fingerprint density at radius 2 is 2.12 bits per heavy atom. The third kappa shape index (κ3) is 3.82. The van der Waals surface area contributed by atoms with E-state index in [0.29, 0.717) is 48.4 Å². The number of rotatable bonds is 5. The lowest BCUT2D eigenvalue weighted by Gasteiger charge is -2.42. The van der Waals surface area contributed by atoms with Crippen molar-refractivity contribution in [2.45, 2.75) is 45.4 Å². The van der Waals surface area contributed by atoms with Gasteiger partial charge in [0.15, 0.2) is 23.3 Å². The lowest BCUT2D eigenvalue weighted by atomic mass is 10.0. The molecule has 0 radical (unpaired) electrons. The zero-order valence-electron chi connectivity index (χ0n) is 20.0. The minimum Gasteiger partial charge on any atom is -0.493 e. The van der Waals surface area contributed by atoms with Crippen LogP contribution in [0.15, 0.2) is 36.0 Å². The molecule has 9 heteroatoms. The van der Waals surface area contributed by atoms with Crippen LogP contribution < -0.4 is 14.2 Å². The quantitative estimate of drug-likeness (QED) is 0.533. The third-order valence-corrected chi connectivity index (χ3v) is 6.98. The zero-order valence-corrected chi connectivity index (χ0v) is 20.8. The second-order valence-corrected chi connectivity index (χ2v) is 10.3. The average molecular weight is 484 g/mol. The predicted molar refractivity (Wildman–Crippen MR) is 129 cm³/mol. The largest absolute Gasteiger partial charge is 0.493 e. The van der Waals surface area contributed by atoms with Gasteiger partial charge in [-0.3, -0.25) is 9.36 Å². The smallest absolute Gasteiger partial charge is 0.275 e. The second-order valence-electron chi connectivity index (χ2n) is 9.32. The fourth-order valence-corrected chi connectivity index (χ4v) is 5.22. The van der Waals surface area contributed by atoms with Crippen molar-refractivity contribution in [2.24, 2.45) is 0 Å². The topological polar surface area (TPSA) is 75.1 Å². The van der Waals surface area contributed by atoms with Gasteiger partial charge in [-0.15, -0.1) is 11.3 Å². The molecule has 180 valence electrons. The summed E-state index contributed by atoms with van der Waals surface area (Å²) in [6.45, 7) is 9.46. The normalized spacial score (nSPS) is 18.8. The van der Waals surface area contributed by atoms with Gasteiger partial charge in [-0.25, -0.2) is 4.98 Å². The summed E-state index contributed by atoms with van der Waals surface area (Å²) in [5.74, 6) is 1.72. The number of thiophene rings is 1. The Morgan fingerprint density at radius 1 is 1.29 bits per heavy atom. The first-order chi connectivity index (χ1) is 16.3. The van der Waals surface area contributed by atoms with Crippen LogP contribution in [-0.4, -0.2) is 58.9 Å². The average Bonchev–Trinajstić information content (AvgIpc) is 3.48. The number of amides is 1. The molecule has 0 bridgehead atoms. The number of carbonyl (C=O) groups excluding carboxylic acids is 1. The van der Waals surface area contributed by atoms with Crippen molar-refractivity contribution in [2.75, 3.05) is 26.9 Å². The summed E-state index contributed by atoms with van der Waals surface area (Å²) >= 11 is 1.58. The number of morpholine rings is 1. The Morgan fingerprint density at radius 3 is 2.79 bits per heavy atom. The van der Waals surface area contributed by atoms with Crippen LogP contribution in [0.3, 0.4) is 0 Å². The van der Waals surface area contributed by atoms with E-state index >= 15 is 0 Å².